The van der Waals surface area contributed by atoms with Gasteiger partial charge in [-0.1, -0.05) is 42.5 Å². The van der Waals surface area contributed by atoms with Crippen molar-refractivity contribution in [2.45, 2.75) is 58.1 Å². The van der Waals surface area contributed by atoms with E-state index < -0.39 is 11.6 Å². The van der Waals surface area contributed by atoms with Crippen LogP contribution in [0.3, 0.4) is 0 Å². The minimum atomic E-state index is -0.587. The molecule has 0 spiro atoms. The number of Topliss-reactive ketones (excluding diaryl/α,β-unsaturated/α-hetero) is 1. The molecule has 0 aliphatic rings. The molecule has 1 atom stereocenters. The van der Waals surface area contributed by atoms with Gasteiger partial charge in [0.2, 0.25) is 0 Å². The van der Waals surface area contributed by atoms with Crippen LogP contribution in [0, 0.1) is 0 Å². The summed E-state index contributed by atoms with van der Waals surface area (Å²) in [5.41, 5.74) is 2.77. The molecule has 3 rings (SSSR count). The van der Waals surface area contributed by atoms with E-state index in [1.54, 1.807) is 23.9 Å². The fourth-order valence-electron chi connectivity index (χ4n) is 3.66. The summed E-state index contributed by atoms with van der Waals surface area (Å²) in [6.07, 6.45) is 3.52. The smallest absolute Gasteiger partial charge is 0.306 e. The minimum absolute atomic E-state index is 0.0506. The second-order valence-electron chi connectivity index (χ2n) is 9.73. The SMILES string of the molecule is CSCC[C@H](NC(=O)c1ccc(CCC(=O)OC(C)(C)C)cc1)C(=O)Cc1nc(-c2ccccc2)cs1. The number of hydrogen-bond donors (Lipinski definition) is 1. The van der Waals surface area contributed by atoms with Crippen LogP contribution in [-0.4, -0.2) is 46.3 Å². The molecule has 0 fully saturated rings. The molecule has 0 aliphatic heterocycles. The van der Waals surface area contributed by atoms with Crippen LogP contribution in [0.5, 0.6) is 0 Å². The van der Waals surface area contributed by atoms with Crippen LogP contribution in [0.15, 0.2) is 60.0 Å². The molecule has 0 unspecified atom stereocenters. The minimum Gasteiger partial charge on any atom is -0.460 e. The largest absolute Gasteiger partial charge is 0.460 e. The third-order valence-electron chi connectivity index (χ3n) is 5.51. The monoisotopic (exact) mass is 538 g/mol. The summed E-state index contributed by atoms with van der Waals surface area (Å²) in [7, 11) is 0. The molecule has 1 N–H and O–H groups in total. The second-order valence-corrected chi connectivity index (χ2v) is 11.7. The summed E-state index contributed by atoms with van der Waals surface area (Å²) in [5, 5.41) is 5.62. The summed E-state index contributed by atoms with van der Waals surface area (Å²) < 4.78 is 5.35. The van der Waals surface area contributed by atoms with Gasteiger partial charge in [-0.3, -0.25) is 14.4 Å². The predicted octanol–water partition coefficient (Wildman–Crippen LogP) is 5.75. The number of rotatable bonds is 12. The first-order valence-corrected chi connectivity index (χ1v) is 14.5. The fraction of sp³-hybridized carbons (Fsp3) is 0.379. The molecule has 1 amide bonds. The summed E-state index contributed by atoms with van der Waals surface area (Å²) in [6, 6.07) is 16.4. The van der Waals surface area contributed by atoms with Crippen LogP contribution < -0.4 is 5.32 Å². The van der Waals surface area contributed by atoms with Crippen molar-refractivity contribution >= 4 is 40.8 Å². The first-order valence-electron chi connectivity index (χ1n) is 12.3. The van der Waals surface area contributed by atoms with Crippen molar-refractivity contribution in [3.05, 3.63) is 76.1 Å². The number of ether oxygens (including phenoxy) is 1. The Morgan fingerprint density at radius 1 is 1.05 bits per heavy atom. The molecule has 0 aliphatic carbocycles. The normalized spacial score (nSPS) is 12.1. The molecule has 0 saturated carbocycles. The summed E-state index contributed by atoms with van der Waals surface area (Å²) in [6.45, 7) is 5.53. The molecule has 0 radical (unpaired) electrons. The maximum Gasteiger partial charge on any atom is 0.306 e. The second kappa shape index (κ2) is 13.5. The summed E-state index contributed by atoms with van der Waals surface area (Å²) in [4.78, 5) is 42.7. The van der Waals surface area contributed by atoms with Crippen molar-refractivity contribution in [3.8, 4) is 11.3 Å². The lowest BCUT2D eigenvalue weighted by molar-refractivity contribution is -0.154. The molecule has 1 heterocycles. The molecular formula is C29H34N2O4S2. The van der Waals surface area contributed by atoms with Gasteiger partial charge in [0, 0.05) is 22.9 Å². The topological polar surface area (TPSA) is 85.4 Å². The van der Waals surface area contributed by atoms with E-state index in [2.05, 4.69) is 10.3 Å². The van der Waals surface area contributed by atoms with Gasteiger partial charge in [0.15, 0.2) is 5.78 Å². The number of ketones is 1. The van der Waals surface area contributed by atoms with Gasteiger partial charge >= 0.3 is 5.97 Å². The van der Waals surface area contributed by atoms with Crippen LogP contribution in [0.4, 0.5) is 0 Å². The lowest BCUT2D eigenvalue weighted by Crippen LogP contribution is -2.42. The Hall–Kier alpha value is -2.97. The Bertz CT molecular complexity index is 1180. The summed E-state index contributed by atoms with van der Waals surface area (Å²) >= 11 is 3.09. The van der Waals surface area contributed by atoms with Crippen molar-refractivity contribution in [3.63, 3.8) is 0 Å². The first kappa shape index (κ1) is 28.6. The highest BCUT2D eigenvalue weighted by molar-refractivity contribution is 7.98. The molecule has 2 aromatic carbocycles. The number of thiazole rings is 1. The number of amides is 1. The number of aromatic nitrogens is 1. The summed E-state index contributed by atoms with van der Waals surface area (Å²) in [5.74, 6) is 0.168. The molecular weight excluding hydrogens is 504 g/mol. The lowest BCUT2D eigenvalue weighted by Gasteiger charge is -2.19. The van der Waals surface area contributed by atoms with E-state index in [1.165, 1.54) is 11.3 Å². The number of thioether (sulfide) groups is 1. The number of carbonyl (C=O) groups is 3. The molecule has 0 bridgehead atoms. The quantitative estimate of drug-likeness (QED) is 0.296. The molecule has 1 aromatic heterocycles. The average molecular weight is 539 g/mol. The number of carbonyl (C=O) groups excluding carboxylic acids is 3. The van der Waals surface area contributed by atoms with Gasteiger partial charge in [0.05, 0.1) is 18.2 Å². The Morgan fingerprint density at radius 3 is 2.41 bits per heavy atom. The average Bonchev–Trinajstić information content (AvgIpc) is 3.33. The van der Waals surface area contributed by atoms with Crippen LogP contribution in [0.1, 0.15) is 54.5 Å². The van der Waals surface area contributed by atoms with Crippen molar-refractivity contribution in [1.82, 2.24) is 10.3 Å². The van der Waals surface area contributed by atoms with Crippen molar-refractivity contribution in [2.24, 2.45) is 0 Å². The molecule has 37 heavy (non-hydrogen) atoms. The highest BCUT2D eigenvalue weighted by atomic mass is 32.2. The number of hydrogen-bond acceptors (Lipinski definition) is 7. The van der Waals surface area contributed by atoms with E-state index in [0.29, 0.717) is 18.4 Å². The number of aryl methyl sites for hydroxylation is 1. The first-order chi connectivity index (χ1) is 17.6. The number of esters is 1. The molecule has 0 saturated heterocycles. The standard InChI is InChI=1S/C29H34N2O4S2/c1-29(2,3)35-27(33)15-12-20-10-13-22(14-11-20)28(34)31-23(16-17-36-4)25(32)18-26-30-24(19-37-26)21-8-6-5-7-9-21/h5-11,13-14,19,23H,12,15-18H2,1-4H3,(H,31,34)/t23-/m0/s1. The predicted molar refractivity (Wildman–Crippen MR) is 151 cm³/mol. The van der Waals surface area contributed by atoms with Crippen molar-refractivity contribution in [1.29, 1.82) is 0 Å². The number of benzene rings is 2. The van der Waals surface area contributed by atoms with E-state index in [0.717, 1.165) is 27.6 Å². The molecule has 8 heteroatoms. The Balaban J connectivity index is 1.59. The highest BCUT2D eigenvalue weighted by Crippen LogP contribution is 2.22. The van der Waals surface area contributed by atoms with E-state index in [1.807, 2.05) is 74.9 Å². The molecule has 3 aromatic rings. The third kappa shape index (κ3) is 9.44. The van der Waals surface area contributed by atoms with E-state index in [9.17, 15) is 14.4 Å². The molecule has 6 nitrogen and oxygen atoms in total. The van der Waals surface area contributed by atoms with Crippen LogP contribution in [0.25, 0.3) is 11.3 Å². The third-order valence-corrected chi connectivity index (χ3v) is 7.00. The van der Waals surface area contributed by atoms with Crippen LogP contribution in [-0.2, 0) is 27.2 Å². The molecule has 196 valence electrons. The van der Waals surface area contributed by atoms with Gasteiger partial charge in [-0.2, -0.15) is 11.8 Å². The van der Waals surface area contributed by atoms with Gasteiger partial charge in [0.25, 0.3) is 5.91 Å². The number of nitrogens with one attached hydrogen (secondary N) is 1. The fourth-order valence-corrected chi connectivity index (χ4v) is 4.94. The highest BCUT2D eigenvalue weighted by Gasteiger charge is 2.23. The van der Waals surface area contributed by atoms with Crippen molar-refractivity contribution < 1.29 is 19.1 Å². The Morgan fingerprint density at radius 2 is 1.76 bits per heavy atom. The van der Waals surface area contributed by atoms with Gasteiger partial charge in [0.1, 0.15) is 10.6 Å². The van der Waals surface area contributed by atoms with Gasteiger partial charge in [-0.15, -0.1) is 11.3 Å². The van der Waals surface area contributed by atoms with Crippen LogP contribution in [0.2, 0.25) is 0 Å². The zero-order chi connectivity index (χ0) is 26.8. The Kier molecular flexibility index (Phi) is 10.5. The Labute approximate surface area is 227 Å². The maximum atomic E-state index is 13.1. The van der Waals surface area contributed by atoms with Gasteiger partial charge in [-0.25, -0.2) is 4.98 Å². The lowest BCUT2D eigenvalue weighted by atomic mass is 10.0. The number of nitrogens with zero attached hydrogens (tertiary/aromatic N) is 1. The van der Waals surface area contributed by atoms with E-state index >= 15 is 0 Å². The zero-order valence-electron chi connectivity index (χ0n) is 21.8. The van der Waals surface area contributed by atoms with Gasteiger partial charge in [-0.05, 0) is 63.3 Å². The zero-order valence-corrected chi connectivity index (χ0v) is 23.4. The van der Waals surface area contributed by atoms with Crippen LogP contribution >= 0.6 is 23.1 Å². The van der Waals surface area contributed by atoms with Gasteiger partial charge < -0.3 is 10.1 Å². The van der Waals surface area contributed by atoms with E-state index in [4.69, 9.17) is 4.74 Å². The van der Waals surface area contributed by atoms with E-state index in [-0.39, 0.29) is 30.5 Å². The maximum absolute atomic E-state index is 13.1. The van der Waals surface area contributed by atoms with Crippen molar-refractivity contribution in [2.75, 3.05) is 12.0 Å².